The summed E-state index contributed by atoms with van der Waals surface area (Å²) in [5, 5.41) is 12.7. The molecule has 0 spiro atoms. The van der Waals surface area contributed by atoms with Gasteiger partial charge in [0.1, 0.15) is 0 Å². The van der Waals surface area contributed by atoms with Crippen LogP contribution in [-0.4, -0.2) is 35.6 Å². The molecule has 0 aliphatic rings. The van der Waals surface area contributed by atoms with Crippen LogP contribution in [0.25, 0.3) is 0 Å². The van der Waals surface area contributed by atoms with E-state index in [1.807, 2.05) is 0 Å². The Balaban J connectivity index is 3.02. The molecule has 114 valence electrons. The van der Waals surface area contributed by atoms with Crippen LogP contribution in [-0.2, 0) is 4.79 Å². The van der Waals surface area contributed by atoms with Crippen LogP contribution in [0, 0.1) is 0 Å². The van der Waals surface area contributed by atoms with Gasteiger partial charge >= 0.3 is 5.97 Å². The molecule has 0 saturated carbocycles. The van der Waals surface area contributed by atoms with E-state index in [4.69, 9.17) is 31.9 Å². The smallest absolute Gasteiger partial charge is 0.341 e. The molecule has 0 amide bonds. The summed E-state index contributed by atoms with van der Waals surface area (Å²) in [7, 11) is 0. The van der Waals surface area contributed by atoms with Crippen LogP contribution in [0.2, 0.25) is 5.02 Å². The fraction of sp³-hybridized carbons (Fsp3) is 0.250. The van der Waals surface area contributed by atoms with Crippen LogP contribution >= 0.6 is 23.8 Å². The number of aliphatic carboxylic acids is 1. The molecular formula is C12H14ClN3O4S. The minimum atomic E-state index is -1.11. The molecule has 0 heterocycles. The van der Waals surface area contributed by atoms with Crippen molar-refractivity contribution in [3.8, 4) is 11.5 Å². The summed E-state index contributed by atoms with van der Waals surface area (Å²) in [4.78, 5) is 10.6. The third kappa shape index (κ3) is 5.84. The number of benzene rings is 1. The molecule has 0 unspecified atom stereocenters. The Bertz CT molecular complexity index is 566. The minimum absolute atomic E-state index is 0.0313. The first-order valence-electron chi connectivity index (χ1n) is 5.83. The van der Waals surface area contributed by atoms with Gasteiger partial charge in [0.2, 0.25) is 0 Å². The van der Waals surface area contributed by atoms with Crippen LogP contribution in [0.5, 0.6) is 11.5 Å². The molecule has 7 nitrogen and oxygen atoms in total. The maximum atomic E-state index is 10.6. The van der Waals surface area contributed by atoms with Crippen LogP contribution in [0.15, 0.2) is 17.2 Å². The van der Waals surface area contributed by atoms with Gasteiger partial charge in [0.05, 0.1) is 17.8 Å². The molecular weight excluding hydrogens is 318 g/mol. The molecule has 1 aromatic carbocycles. The largest absolute Gasteiger partial charge is 0.490 e. The summed E-state index contributed by atoms with van der Waals surface area (Å²) in [6.45, 7) is 1.63. The molecule has 0 radical (unpaired) electrons. The first-order valence-corrected chi connectivity index (χ1v) is 6.62. The van der Waals surface area contributed by atoms with Gasteiger partial charge in [0.15, 0.2) is 23.2 Å². The van der Waals surface area contributed by atoms with Crippen molar-refractivity contribution in [2.24, 2.45) is 10.8 Å². The van der Waals surface area contributed by atoms with Gasteiger partial charge in [-0.05, 0) is 36.8 Å². The highest BCUT2D eigenvalue weighted by Gasteiger charge is 2.13. The van der Waals surface area contributed by atoms with Gasteiger partial charge in [-0.25, -0.2) is 4.79 Å². The first kappa shape index (κ1) is 17.0. The number of carboxylic acid groups (broad SMARTS) is 1. The Labute approximate surface area is 131 Å². The summed E-state index contributed by atoms with van der Waals surface area (Å²) in [6, 6.07) is 3.16. The number of thiocarbonyl (C=S) groups is 1. The van der Waals surface area contributed by atoms with Crippen molar-refractivity contribution >= 4 is 41.1 Å². The van der Waals surface area contributed by atoms with Gasteiger partial charge in [0, 0.05) is 0 Å². The highest BCUT2D eigenvalue weighted by molar-refractivity contribution is 7.80. The monoisotopic (exact) mass is 331 g/mol. The lowest BCUT2D eigenvalue weighted by Crippen LogP contribution is -2.24. The van der Waals surface area contributed by atoms with E-state index in [0.717, 1.165) is 0 Å². The number of halogens is 1. The van der Waals surface area contributed by atoms with Gasteiger partial charge in [-0.2, -0.15) is 5.10 Å². The summed E-state index contributed by atoms with van der Waals surface area (Å²) < 4.78 is 10.5. The highest BCUT2D eigenvalue weighted by Crippen LogP contribution is 2.36. The van der Waals surface area contributed by atoms with Crippen molar-refractivity contribution in [1.82, 2.24) is 5.43 Å². The predicted octanol–water partition coefficient (Wildman–Crippen LogP) is 1.37. The number of nitrogens with zero attached hydrogens (tertiary/aromatic N) is 1. The highest BCUT2D eigenvalue weighted by atomic mass is 35.5. The summed E-state index contributed by atoms with van der Waals surface area (Å²) in [5.41, 5.74) is 8.25. The predicted molar refractivity (Wildman–Crippen MR) is 83.3 cm³/mol. The number of carbonyl (C=O) groups is 1. The van der Waals surface area contributed by atoms with Crippen molar-refractivity contribution in [1.29, 1.82) is 0 Å². The number of nitrogens with one attached hydrogen (secondary N) is 1. The Morgan fingerprint density at radius 3 is 2.86 bits per heavy atom. The van der Waals surface area contributed by atoms with E-state index in [0.29, 0.717) is 17.9 Å². The molecule has 1 aromatic rings. The van der Waals surface area contributed by atoms with E-state index in [-0.39, 0.29) is 15.9 Å². The lowest BCUT2D eigenvalue weighted by molar-refractivity contribution is -0.139. The van der Waals surface area contributed by atoms with Crippen LogP contribution < -0.4 is 20.6 Å². The SMILES string of the molecule is CCOc1cc(/C=N/NC(N)=S)cc(Cl)c1OCC(=O)O. The van der Waals surface area contributed by atoms with E-state index < -0.39 is 12.6 Å². The molecule has 1 rings (SSSR count). The maximum Gasteiger partial charge on any atom is 0.341 e. The van der Waals surface area contributed by atoms with Crippen molar-refractivity contribution in [2.75, 3.05) is 13.2 Å². The Kier molecular flexibility index (Phi) is 6.70. The molecule has 4 N–H and O–H groups in total. The minimum Gasteiger partial charge on any atom is -0.490 e. The van der Waals surface area contributed by atoms with Gasteiger partial charge in [-0.3, -0.25) is 5.43 Å². The van der Waals surface area contributed by atoms with E-state index in [2.05, 4.69) is 22.7 Å². The summed E-state index contributed by atoms with van der Waals surface area (Å²) in [6.07, 6.45) is 1.44. The van der Waals surface area contributed by atoms with Gasteiger partial charge in [-0.15, -0.1) is 0 Å². The topological polar surface area (TPSA) is 106 Å². The third-order valence-electron chi connectivity index (χ3n) is 2.06. The molecule has 21 heavy (non-hydrogen) atoms. The van der Waals surface area contributed by atoms with Crippen LogP contribution in [0.4, 0.5) is 0 Å². The third-order valence-corrected chi connectivity index (χ3v) is 2.43. The van der Waals surface area contributed by atoms with Gasteiger partial charge in [-0.1, -0.05) is 11.6 Å². The first-order chi connectivity index (χ1) is 9.93. The number of carboxylic acids is 1. The lowest BCUT2D eigenvalue weighted by atomic mass is 10.2. The number of ether oxygens (including phenoxy) is 2. The van der Waals surface area contributed by atoms with Crippen molar-refractivity contribution in [3.63, 3.8) is 0 Å². The zero-order chi connectivity index (χ0) is 15.8. The number of hydrazone groups is 1. The van der Waals surface area contributed by atoms with E-state index in [1.54, 1.807) is 19.1 Å². The van der Waals surface area contributed by atoms with Crippen molar-refractivity contribution in [2.45, 2.75) is 6.92 Å². The standard InChI is InChI=1S/C12H14ClN3O4S/c1-2-19-9-4-7(5-15-16-12(14)21)3-8(13)11(9)20-6-10(17)18/h3-5H,2,6H2,1H3,(H,17,18)(H3,14,16,21)/b15-5+. The van der Waals surface area contributed by atoms with E-state index >= 15 is 0 Å². The molecule has 0 fully saturated rings. The van der Waals surface area contributed by atoms with Crippen LogP contribution in [0.1, 0.15) is 12.5 Å². The van der Waals surface area contributed by atoms with Crippen molar-refractivity contribution in [3.05, 3.63) is 22.7 Å². The number of nitrogens with two attached hydrogens (primary N) is 1. The second-order valence-electron chi connectivity index (χ2n) is 3.68. The molecule has 0 atom stereocenters. The molecule has 0 aliphatic heterocycles. The zero-order valence-corrected chi connectivity index (χ0v) is 12.7. The van der Waals surface area contributed by atoms with Gasteiger partial charge in [0.25, 0.3) is 0 Å². The second-order valence-corrected chi connectivity index (χ2v) is 4.53. The number of rotatable bonds is 7. The Hall–Kier alpha value is -2.06. The average Bonchev–Trinajstić information content (AvgIpc) is 2.37. The summed E-state index contributed by atoms with van der Waals surface area (Å²) >= 11 is 10.7. The fourth-order valence-corrected chi connectivity index (χ4v) is 1.70. The number of hydrogen-bond donors (Lipinski definition) is 3. The van der Waals surface area contributed by atoms with Crippen molar-refractivity contribution < 1.29 is 19.4 Å². The quantitative estimate of drug-likeness (QED) is 0.393. The average molecular weight is 332 g/mol. The summed E-state index contributed by atoms with van der Waals surface area (Å²) in [5.74, 6) is -0.622. The maximum absolute atomic E-state index is 10.6. The zero-order valence-electron chi connectivity index (χ0n) is 11.1. The molecule has 9 heteroatoms. The second kappa shape index (κ2) is 8.28. The van der Waals surface area contributed by atoms with Crippen LogP contribution in [0.3, 0.4) is 0 Å². The Morgan fingerprint density at radius 1 is 1.57 bits per heavy atom. The molecule has 0 aromatic heterocycles. The van der Waals surface area contributed by atoms with Gasteiger partial charge < -0.3 is 20.3 Å². The fourth-order valence-electron chi connectivity index (χ4n) is 1.37. The molecule has 0 saturated heterocycles. The molecule has 0 bridgehead atoms. The van der Waals surface area contributed by atoms with E-state index in [1.165, 1.54) is 6.21 Å². The normalized spacial score (nSPS) is 10.4. The Morgan fingerprint density at radius 2 is 2.29 bits per heavy atom. The molecule has 0 aliphatic carbocycles. The van der Waals surface area contributed by atoms with E-state index in [9.17, 15) is 4.79 Å². The number of hydrogen-bond acceptors (Lipinski definition) is 5. The lowest BCUT2D eigenvalue weighted by Gasteiger charge is -2.13.